The fraction of sp³-hybridized carbons (Fsp3) is 0.360. The van der Waals surface area contributed by atoms with E-state index in [-0.39, 0.29) is 5.91 Å². The molecule has 0 aliphatic carbocycles. The number of carbonyl (C=O) groups excluding carboxylic acids is 1. The molecule has 5 rings (SSSR count). The highest BCUT2D eigenvalue weighted by Gasteiger charge is 2.21. The number of nitriles is 1. The van der Waals surface area contributed by atoms with Crippen molar-refractivity contribution in [2.24, 2.45) is 12.0 Å². The lowest BCUT2D eigenvalue weighted by atomic mass is 10.1. The van der Waals surface area contributed by atoms with Crippen molar-refractivity contribution in [3.05, 3.63) is 52.5 Å². The van der Waals surface area contributed by atoms with Crippen LogP contribution in [0.1, 0.15) is 35.4 Å². The number of carbonyl (C=O) groups is 1. The van der Waals surface area contributed by atoms with Crippen LogP contribution in [0.4, 0.5) is 0 Å². The maximum absolute atomic E-state index is 11.9. The number of rotatable bonds is 4. The second-order valence-electron chi connectivity index (χ2n) is 8.47. The van der Waals surface area contributed by atoms with Crippen LogP contribution in [-0.2, 0) is 7.05 Å². The number of halogens is 1. The van der Waals surface area contributed by atoms with Gasteiger partial charge >= 0.3 is 0 Å². The average Bonchev–Trinajstić information content (AvgIpc) is 3.63. The quantitative estimate of drug-likeness (QED) is 0.530. The molecule has 2 N–H and O–H groups in total. The summed E-state index contributed by atoms with van der Waals surface area (Å²) in [6.45, 7) is 4.32. The van der Waals surface area contributed by atoms with Gasteiger partial charge in [-0.25, -0.2) is 0 Å². The third-order valence-corrected chi connectivity index (χ3v) is 7.68. The minimum atomic E-state index is -0.0965. The lowest BCUT2D eigenvalue weighted by molar-refractivity contribution is 0.0955. The maximum Gasteiger partial charge on any atom is 0.267 e. The second kappa shape index (κ2) is 11.1. The standard InChI is InChI=1S/C15H15ClN4OS.C10H13N3/c1-8-13(6-12(20(8)3)15(21)17-2)22-10-4-9-7-18-19-14(9)11(16)5-10;11-7-9-3-4-10(12-8-9)13-5-1-2-6-13/h4-7H,1-3H3,(H,17,21)(H,18,19);3,8,10H,1-2,4-6H2. The number of aromatic nitrogens is 3. The number of H-pyrrole nitrogens is 1. The van der Waals surface area contributed by atoms with Gasteiger partial charge in [0.05, 0.1) is 22.3 Å². The predicted octanol–water partition coefficient (Wildman–Crippen LogP) is 4.71. The highest BCUT2D eigenvalue weighted by Crippen LogP contribution is 2.36. The van der Waals surface area contributed by atoms with Crippen molar-refractivity contribution in [2.45, 2.75) is 42.1 Å². The topological polar surface area (TPSA) is 102 Å². The van der Waals surface area contributed by atoms with Gasteiger partial charge in [0, 0.05) is 60.7 Å². The molecule has 0 spiro atoms. The Morgan fingerprint density at radius 3 is 2.74 bits per heavy atom. The van der Waals surface area contributed by atoms with Crippen LogP contribution in [0, 0.1) is 18.3 Å². The van der Waals surface area contributed by atoms with Crippen LogP contribution < -0.4 is 5.32 Å². The molecular weight excluding hydrogens is 482 g/mol. The first kappa shape index (κ1) is 25.0. The molecule has 35 heavy (non-hydrogen) atoms. The van der Waals surface area contributed by atoms with Crippen molar-refractivity contribution in [3.63, 3.8) is 0 Å². The summed E-state index contributed by atoms with van der Waals surface area (Å²) in [5.74, 6) is -0.0965. The number of hydrogen-bond donors (Lipinski definition) is 2. The van der Waals surface area contributed by atoms with E-state index < -0.39 is 0 Å². The van der Waals surface area contributed by atoms with E-state index in [2.05, 4.69) is 31.5 Å². The Hall–Kier alpha value is -3.06. The molecule has 0 bridgehead atoms. The molecule has 1 aromatic carbocycles. The normalized spacial score (nSPS) is 17.6. The fourth-order valence-electron chi connectivity index (χ4n) is 4.16. The first-order valence-electron chi connectivity index (χ1n) is 11.5. The molecule has 1 saturated heterocycles. The van der Waals surface area contributed by atoms with Gasteiger partial charge in [-0.2, -0.15) is 10.4 Å². The van der Waals surface area contributed by atoms with Gasteiger partial charge in [-0.3, -0.25) is 19.8 Å². The van der Waals surface area contributed by atoms with Crippen LogP contribution in [0.25, 0.3) is 10.9 Å². The van der Waals surface area contributed by atoms with Crippen molar-refractivity contribution in [2.75, 3.05) is 20.1 Å². The molecule has 2 aliphatic heterocycles. The van der Waals surface area contributed by atoms with E-state index in [0.717, 1.165) is 45.9 Å². The van der Waals surface area contributed by atoms with Gasteiger partial charge in [0.25, 0.3) is 5.91 Å². The van der Waals surface area contributed by atoms with Gasteiger partial charge in [0.1, 0.15) is 17.9 Å². The molecule has 2 aliphatic rings. The number of nitrogens with zero attached hydrogens (tertiary/aromatic N) is 5. The van der Waals surface area contributed by atoms with Crippen molar-refractivity contribution < 1.29 is 4.79 Å². The number of fused-ring (bicyclic) bond motifs is 1. The van der Waals surface area contributed by atoms with E-state index in [0.29, 0.717) is 22.5 Å². The maximum atomic E-state index is 11.9. The van der Waals surface area contributed by atoms with Crippen LogP contribution in [0.5, 0.6) is 0 Å². The second-order valence-corrected chi connectivity index (χ2v) is 9.99. The van der Waals surface area contributed by atoms with Crippen LogP contribution in [0.3, 0.4) is 0 Å². The number of allylic oxidation sites excluding steroid dienone is 1. The molecule has 0 saturated carbocycles. The Morgan fingerprint density at radius 2 is 2.09 bits per heavy atom. The van der Waals surface area contributed by atoms with Crippen molar-refractivity contribution in [1.82, 2.24) is 25.0 Å². The monoisotopic (exact) mass is 509 g/mol. The van der Waals surface area contributed by atoms with Gasteiger partial charge in [-0.05, 0) is 38.0 Å². The van der Waals surface area contributed by atoms with E-state index >= 15 is 0 Å². The van der Waals surface area contributed by atoms with Gasteiger partial charge < -0.3 is 9.88 Å². The molecule has 10 heteroatoms. The number of likely N-dealkylation sites (tertiary alicyclic amines) is 1. The van der Waals surface area contributed by atoms with Gasteiger partial charge in [-0.15, -0.1) is 0 Å². The number of aliphatic imine (C=N–C) groups is 1. The Bertz CT molecular complexity index is 1330. The molecular formula is C25H28ClN7OS. The SMILES string of the molecule is CNC(=O)c1cc(Sc2cc(Cl)c3[nH]ncc3c2)c(C)n1C.N#CC1=CCC(N2CCCC2)N=C1. The Morgan fingerprint density at radius 1 is 1.31 bits per heavy atom. The lowest BCUT2D eigenvalue weighted by Crippen LogP contribution is -2.31. The highest BCUT2D eigenvalue weighted by atomic mass is 35.5. The van der Waals surface area contributed by atoms with E-state index in [1.807, 2.05) is 42.8 Å². The predicted molar refractivity (Wildman–Crippen MR) is 140 cm³/mol. The van der Waals surface area contributed by atoms with E-state index in [1.165, 1.54) is 12.8 Å². The minimum absolute atomic E-state index is 0.0965. The summed E-state index contributed by atoms with van der Waals surface area (Å²) in [5.41, 5.74) is 3.21. The Kier molecular flexibility index (Phi) is 7.96. The lowest BCUT2D eigenvalue weighted by Gasteiger charge is -2.24. The Labute approximate surface area is 214 Å². The number of amides is 1. The first-order chi connectivity index (χ1) is 16.9. The molecule has 8 nitrogen and oxygen atoms in total. The van der Waals surface area contributed by atoms with E-state index in [1.54, 1.807) is 31.2 Å². The fourth-order valence-corrected chi connectivity index (χ4v) is 5.57. The van der Waals surface area contributed by atoms with Gasteiger partial charge in [0.15, 0.2) is 0 Å². The molecule has 1 amide bonds. The third-order valence-electron chi connectivity index (χ3n) is 6.28. The zero-order valence-electron chi connectivity index (χ0n) is 20.0. The summed E-state index contributed by atoms with van der Waals surface area (Å²) in [6.07, 6.45) is 9.22. The van der Waals surface area contributed by atoms with Crippen molar-refractivity contribution in [1.29, 1.82) is 5.26 Å². The summed E-state index contributed by atoms with van der Waals surface area (Å²) >= 11 is 7.85. The van der Waals surface area contributed by atoms with Crippen LogP contribution in [0.15, 0.2) is 50.8 Å². The number of dihydropyridines is 1. The molecule has 0 radical (unpaired) electrons. The molecule has 1 fully saturated rings. The van der Waals surface area contributed by atoms with E-state index in [4.69, 9.17) is 16.9 Å². The number of nitrogens with one attached hydrogen (secondary N) is 2. The van der Waals surface area contributed by atoms with Crippen LogP contribution in [-0.4, -0.2) is 58.1 Å². The summed E-state index contributed by atoms with van der Waals surface area (Å²) in [5, 5.41) is 19.8. The Balaban J connectivity index is 0.000000189. The van der Waals surface area contributed by atoms with Crippen molar-refractivity contribution >= 4 is 46.4 Å². The molecule has 4 heterocycles. The summed E-state index contributed by atoms with van der Waals surface area (Å²) in [4.78, 5) is 20.7. The average molecular weight is 510 g/mol. The first-order valence-corrected chi connectivity index (χ1v) is 12.7. The minimum Gasteiger partial charge on any atom is -0.354 e. The smallest absolute Gasteiger partial charge is 0.267 e. The highest BCUT2D eigenvalue weighted by molar-refractivity contribution is 7.99. The molecule has 2 aromatic heterocycles. The largest absolute Gasteiger partial charge is 0.354 e. The van der Waals surface area contributed by atoms with Crippen LogP contribution in [0.2, 0.25) is 5.02 Å². The van der Waals surface area contributed by atoms with Gasteiger partial charge in [0.2, 0.25) is 0 Å². The summed E-state index contributed by atoms with van der Waals surface area (Å²) < 4.78 is 1.89. The van der Waals surface area contributed by atoms with Crippen molar-refractivity contribution in [3.8, 4) is 6.07 Å². The van der Waals surface area contributed by atoms with Crippen LogP contribution >= 0.6 is 23.4 Å². The molecule has 1 unspecified atom stereocenters. The molecule has 182 valence electrons. The zero-order valence-corrected chi connectivity index (χ0v) is 21.6. The number of hydrogen-bond acceptors (Lipinski definition) is 6. The molecule has 1 atom stereocenters. The summed E-state index contributed by atoms with van der Waals surface area (Å²) in [6, 6.07) is 7.93. The zero-order chi connectivity index (χ0) is 24.9. The van der Waals surface area contributed by atoms with E-state index in [9.17, 15) is 4.79 Å². The molecule has 3 aromatic rings. The summed E-state index contributed by atoms with van der Waals surface area (Å²) in [7, 11) is 3.51. The number of benzene rings is 1. The third kappa shape index (κ3) is 5.61. The van der Waals surface area contributed by atoms with Gasteiger partial charge in [-0.1, -0.05) is 29.4 Å². The number of aromatic amines is 1.